The van der Waals surface area contributed by atoms with Crippen molar-refractivity contribution < 1.29 is 9.59 Å². The van der Waals surface area contributed by atoms with Gasteiger partial charge in [-0.15, -0.1) is 0 Å². The topological polar surface area (TPSA) is 87.5 Å². The van der Waals surface area contributed by atoms with Crippen LogP contribution in [0.3, 0.4) is 0 Å². The molecule has 164 valence electrons. The van der Waals surface area contributed by atoms with E-state index >= 15 is 0 Å². The van der Waals surface area contributed by atoms with Gasteiger partial charge in [0.05, 0.1) is 12.6 Å². The van der Waals surface area contributed by atoms with E-state index in [1.807, 2.05) is 36.1 Å². The van der Waals surface area contributed by atoms with Crippen LogP contribution in [0.25, 0.3) is 0 Å². The quantitative estimate of drug-likeness (QED) is 0.643. The molecule has 2 amide bonds. The Labute approximate surface area is 184 Å². The van der Waals surface area contributed by atoms with Crippen LogP contribution in [0.2, 0.25) is 0 Å². The zero-order chi connectivity index (χ0) is 22.0. The summed E-state index contributed by atoms with van der Waals surface area (Å²) in [7, 11) is 0. The van der Waals surface area contributed by atoms with E-state index < -0.39 is 0 Å². The fourth-order valence-electron chi connectivity index (χ4n) is 4.46. The zero-order valence-corrected chi connectivity index (χ0v) is 18.4. The Balaban J connectivity index is 1.54. The lowest BCUT2D eigenvalue weighted by molar-refractivity contribution is -0.119. The maximum Gasteiger partial charge on any atom is 0.251 e. The van der Waals surface area contributed by atoms with Gasteiger partial charge >= 0.3 is 0 Å². The van der Waals surface area contributed by atoms with Crippen molar-refractivity contribution in [2.24, 2.45) is 11.7 Å². The molecule has 1 aliphatic heterocycles. The van der Waals surface area contributed by atoms with Crippen LogP contribution in [-0.4, -0.2) is 30.9 Å². The molecule has 31 heavy (non-hydrogen) atoms. The van der Waals surface area contributed by atoms with Gasteiger partial charge in [0.25, 0.3) is 5.91 Å². The zero-order valence-electron chi connectivity index (χ0n) is 18.4. The van der Waals surface area contributed by atoms with Crippen molar-refractivity contribution in [3.8, 4) is 0 Å². The molecule has 2 aromatic carbocycles. The number of hydrogen-bond donors (Lipinski definition) is 3. The van der Waals surface area contributed by atoms with Crippen LogP contribution in [0.5, 0.6) is 0 Å². The molecular weight excluding hydrogens is 388 g/mol. The second-order valence-corrected chi connectivity index (χ2v) is 8.70. The summed E-state index contributed by atoms with van der Waals surface area (Å²) < 4.78 is 0. The van der Waals surface area contributed by atoms with Gasteiger partial charge in [-0.3, -0.25) is 9.59 Å². The predicted octanol–water partition coefficient (Wildman–Crippen LogP) is 2.66. The first-order valence-electron chi connectivity index (χ1n) is 11.2. The van der Waals surface area contributed by atoms with Gasteiger partial charge in [0.1, 0.15) is 0 Å². The molecule has 1 unspecified atom stereocenters. The molecule has 1 aliphatic carbocycles. The molecule has 1 atom stereocenters. The number of nitrogens with zero attached hydrogens (tertiary/aromatic N) is 1. The minimum atomic E-state index is -0.139. The highest BCUT2D eigenvalue weighted by atomic mass is 16.2. The second kappa shape index (κ2) is 9.20. The van der Waals surface area contributed by atoms with E-state index in [4.69, 9.17) is 5.73 Å². The van der Waals surface area contributed by atoms with E-state index in [1.165, 1.54) is 5.56 Å². The summed E-state index contributed by atoms with van der Waals surface area (Å²) >= 11 is 0. The maximum absolute atomic E-state index is 13.0. The van der Waals surface area contributed by atoms with E-state index in [1.54, 1.807) is 0 Å². The van der Waals surface area contributed by atoms with Crippen molar-refractivity contribution in [2.45, 2.75) is 52.2 Å². The molecule has 1 saturated heterocycles. The maximum atomic E-state index is 13.0. The van der Waals surface area contributed by atoms with Crippen molar-refractivity contribution >= 4 is 17.5 Å². The van der Waals surface area contributed by atoms with E-state index in [-0.39, 0.29) is 17.9 Å². The fraction of sp³-hybridized carbons (Fsp3) is 0.440. The van der Waals surface area contributed by atoms with Gasteiger partial charge in [-0.2, -0.15) is 0 Å². The second-order valence-electron chi connectivity index (χ2n) is 8.70. The number of piperazine rings is 1. The Hall–Kier alpha value is -2.70. The molecule has 6 heteroatoms. The Bertz CT molecular complexity index is 983. The van der Waals surface area contributed by atoms with Crippen molar-refractivity contribution in [1.29, 1.82) is 0 Å². The number of benzene rings is 2. The van der Waals surface area contributed by atoms with Crippen molar-refractivity contribution in [3.05, 3.63) is 64.2 Å². The minimum Gasteiger partial charge on any atom is -0.348 e. The number of nitrogens with two attached hydrogens (primary N) is 1. The third kappa shape index (κ3) is 4.81. The first-order chi connectivity index (χ1) is 15.0. The number of carbonyl (C=O) groups excluding carboxylic acids is 2. The largest absolute Gasteiger partial charge is 0.348 e. The Morgan fingerprint density at radius 2 is 2.00 bits per heavy atom. The SMILES string of the molecule is CCc1ccc(CN)c(CNC(=O)c2cc(C)cc(N3C(=O)CNCC3C3CC3)c2)c1. The van der Waals surface area contributed by atoms with Crippen LogP contribution in [-0.2, 0) is 24.3 Å². The fourth-order valence-corrected chi connectivity index (χ4v) is 4.46. The highest BCUT2D eigenvalue weighted by molar-refractivity contribution is 5.99. The summed E-state index contributed by atoms with van der Waals surface area (Å²) in [5.74, 6) is 0.486. The molecule has 1 saturated carbocycles. The van der Waals surface area contributed by atoms with Gasteiger partial charge in [0.15, 0.2) is 0 Å². The lowest BCUT2D eigenvalue weighted by Crippen LogP contribution is -2.56. The first-order valence-corrected chi connectivity index (χ1v) is 11.2. The molecule has 0 spiro atoms. The van der Waals surface area contributed by atoms with E-state index in [2.05, 4.69) is 29.7 Å². The van der Waals surface area contributed by atoms with Crippen molar-refractivity contribution in [3.63, 3.8) is 0 Å². The monoisotopic (exact) mass is 420 g/mol. The number of nitrogens with one attached hydrogen (secondary N) is 2. The molecule has 4 rings (SSSR count). The highest BCUT2D eigenvalue weighted by Crippen LogP contribution is 2.38. The number of anilines is 1. The molecule has 2 fully saturated rings. The molecule has 4 N–H and O–H groups in total. The van der Waals surface area contributed by atoms with Crippen molar-refractivity contribution in [1.82, 2.24) is 10.6 Å². The van der Waals surface area contributed by atoms with Gasteiger partial charge in [0, 0.05) is 30.9 Å². The average molecular weight is 421 g/mol. The number of rotatable bonds is 7. The van der Waals surface area contributed by atoms with Crippen LogP contribution in [0.1, 0.15) is 52.4 Å². The molecule has 1 heterocycles. The Morgan fingerprint density at radius 1 is 1.19 bits per heavy atom. The lowest BCUT2D eigenvalue weighted by Gasteiger charge is -2.36. The minimum absolute atomic E-state index is 0.0732. The van der Waals surface area contributed by atoms with Gasteiger partial charge in [0.2, 0.25) is 5.91 Å². The van der Waals surface area contributed by atoms with Gasteiger partial charge in [-0.05, 0) is 72.6 Å². The molecule has 6 nitrogen and oxygen atoms in total. The third-order valence-corrected chi connectivity index (χ3v) is 6.34. The van der Waals surface area contributed by atoms with Crippen LogP contribution < -0.4 is 21.3 Å². The summed E-state index contributed by atoms with van der Waals surface area (Å²) in [4.78, 5) is 27.6. The summed E-state index contributed by atoms with van der Waals surface area (Å²) in [6.07, 6.45) is 3.26. The number of amides is 2. The molecule has 0 aromatic heterocycles. The number of hydrogen-bond acceptors (Lipinski definition) is 4. The van der Waals surface area contributed by atoms with Crippen LogP contribution in [0.15, 0.2) is 36.4 Å². The Kier molecular flexibility index (Phi) is 6.39. The van der Waals surface area contributed by atoms with Crippen molar-refractivity contribution in [2.75, 3.05) is 18.0 Å². The molecule has 2 aliphatic rings. The smallest absolute Gasteiger partial charge is 0.251 e. The van der Waals surface area contributed by atoms with Crippen LogP contribution in [0.4, 0.5) is 5.69 Å². The highest BCUT2D eigenvalue weighted by Gasteiger charge is 2.40. The summed E-state index contributed by atoms with van der Waals surface area (Å²) in [5, 5.41) is 6.28. The molecular formula is C25H32N4O2. The van der Waals surface area contributed by atoms with E-state index in [9.17, 15) is 9.59 Å². The van der Waals surface area contributed by atoms with Gasteiger partial charge in [-0.25, -0.2) is 0 Å². The molecule has 0 bridgehead atoms. The molecule has 0 radical (unpaired) electrons. The van der Waals surface area contributed by atoms with E-state index in [0.717, 1.165) is 48.2 Å². The number of aryl methyl sites for hydroxylation is 2. The van der Waals surface area contributed by atoms with Crippen LogP contribution >= 0.6 is 0 Å². The summed E-state index contributed by atoms with van der Waals surface area (Å²) in [6, 6.07) is 12.1. The lowest BCUT2D eigenvalue weighted by atomic mass is 10.0. The molecule has 2 aromatic rings. The van der Waals surface area contributed by atoms with Crippen LogP contribution in [0, 0.1) is 12.8 Å². The number of carbonyl (C=O) groups is 2. The summed E-state index contributed by atoms with van der Waals surface area (Å²) in [6.45, 7) is 6.10. The Morgan fingerprint density at radius 3 is 2.71 bits per heavy atom. The predicted molar refractivity (Wildman–Crippen MR) is 123 cm³/mol. The summed E-state index contributed by atoms with van der Waals surface area (Å²) in [5.41, 5.74) is 11.6. The average Bonchev–Trinajstić information content (AvgIpc) is 3.62. The van der Waals surface area contributed by atoms with Gasteiger partial charge in [-0.1, -0.05) is 25.1 Å². The third-order valence-electron chi connectivity index (χ3n) is 6.34. The van der Waals surface area contributed by atoms with Gasteiger partial charge < -0.3 is 21.3 Å². The van der Waals surface area contributed by atoms with E-state index in [0.29, 0.717) is 31.1 Å². The first kappa shape index (κ1) is 21.5. The standard InChI is InChI=1S/C25H32N4O2/c1-3-17-4-5-19(12-26)21(10-17)13-28-25(31)20-8-16(2)9-22(11-20)29-23(18-6-7-18)14-27-15-24(29)30/h4-5,8-11,18,23,27H,3,6-7,12-15,26H2,1-2H3,(H,28,31). The normalized spacial score (nSPS) is 18.9.